The molecular weight excluding hydrogens is 304 g/mol. The molecule has 0 bridgehead atoms. The molecule has 23 heavy (non-hydrogen) atoms. The second-order valence-electron chi connectivity index (χ2n) is 5.07. The molecule has 2 nitrogen and oxygen atoms in total. The zero-order valence-electron chi connectivity index (χ0n) is 12.7. The van der Waals surface area contributed by atoms with E-state index in [1.54, 1.807) is 23.9 Å². The highest BCUT2D eigenvalue weighted by Gasteiger charge is 2.14. The molecule has 0 spiro atoms. The van der Waals surface area contributed by atoms with E-state index in [0.717, 1.165) is 15.4 Å². The fourth-order valence-electron chi connectivity index (χ4n) is 2.18. The molecule has 0 saturated carbocycles. The van der Waals surface area contributed by atoms with E-state index in [9.17, 15) is 4.79 Å². The Bertz CT molecular complexity index is 798. The summed E-state index contributed by atoms with van der Waals surface area (Å²) >= 11 is 1.59. The molecule has 3 aromatic rings. The third-order valence-corrected chi connectivity index (χ3v) is 4.40. The van der Waals surface area contributed by atoms with Crippen LogP contribution >= 0.6 is 11.8 Å². The van der Waals surface area contributed by atoms with E-state index in [4.69, 9.17) is 4.74 Å². The number of carbonyl (C=O) groups excluding carboxylic acids is 1. The molecule has 0 N–H and O–H groups in total. The molecule has 0 saturated heterocycles. The van der Waals surface area contributed by atoms with Crippen LogP contribution in [0.5, 0.6) is 5.75 Å². The van der Waals surface area contributed by atoms with Crippen molar-refractivity contribution in [3.05, 3.63) is 90.0 Å². The number of ether oxygens (including phenoxy) is 1. The molecule has 0 fully saturated rings. The van der Waals surface area contributed by atoms with E-state index in [1.165, 1.54) is 0 Å². The summed E-state index contributed by atoms with van der Waals surface area (Å²) in [5, 5.41) is 0. The van der Waals surface area contributed by atoms with Gasteiger partial charge < -0.3 is 4.74 Å². The van der Waals surface area contributed by atoms with Gasteiger partial charge in [-0.05, 0) is 42.8 Å². The third kappa shape index (κ3) is 3.82. The Balaban J connectivity index is 1.88. The molecule has 0 heterocycles. The Kier molecular flexibility index (Phi) is 4.79. The zero-order valence-corrected chi connectivity index (χ0v) is 13.5. The van der Waals surface area contributed by atoms with Crippen LogP contribution in [0.1, 0.15) is 15.9 Å². The summed E-state index contributed by atoms with van der Waals surface area (Å²) < 4.78 is 5.67. The summed E-state index contributed by atoms with van der Waals surface area (Å²) in [6.45, 7) is 1.95. The van der Waals surface area contributed by atoms with Gasteiger partial charge in [0.05, 0.1) is 10.5 Å². The summed E-state index contributed by atoms with van der Waals surface area (Å²) in [5.74, 6) is 0.282. The number of esters is 1. The fraction of sp³-hybridized carbons (Fsp3) is 0.0500. The maximum atomic E-state index is 12.3. The predicted molar refractivity (Wildman–Crippen MR) is 93.1 cm³/mol. The smallest absolute Gasteiger partial charge is 0.343 e. The van der Waals surface area contributed by atoms with Gasteiger partial charge in [-0.2, -0.15) is 0 Å². The number of hydrogen-bond donors (Lipinski definition) is 0. The third-order valence-electron chi connectivity index (χ3n) is 3.35. The van der Waals surface area contributed by atoms with Gasteiger partial charge in [0, 0.05) is 4.90 Å². The maximum Gasteiger partial charge on any atom is 0.343 e. The normalized spacial score (nSPS) is 10.3. The lowest BCUT2D eigenvalue weighted by molar-refractivity contribution is 0.0729. The SMILES string of the molecule is Cc1cccc(Sc2ccccc2)c1OC(=O)c1ccccc1. The van der Waals surface area contributed by atoms with Gasteiger partial charge in [-0.1, -0.05) is 60.3 Å². The van der Waals surface area contributed by atoms with Crippen molar-refractivity contribution in [3.63, 3.8) is 0 Å². The first-order valence-electron chi connectivity index (χ1n) is 7.34. The highest BCUT2D eigenvalue weighted by Crippen LogP contribution is 2.37. The van der Waals surface area contributed by atoms with E-state index < -0.39 is 0 Å². The second-order valence-corrected chi connectivity index (χ2v) is 6.19. The van der Waals surface area contributed by atoms with E-state index in [0.29, 0.717) is 11.3 Å². The molecule has 0 amide bonds. The average Bonchev–Trinajstić information content (AvgIpc) is 2.59. The summed E-state index contributed by atoms with van der Waals surface area (Å²) in [4.78, 5) is 14.4. The van der Waals surface area contributed by atoms with E-state index in [-0.39, 0.29) is 5.97 Å². The molecule has 0 aromatic heterocycles. The lowest BCUT2D eigenvalue weighted by Crippen LogP contribution is -2.09. The Hall–Kier alpha value is -2.52. The molecular formula is C20H16O2S. The first kappa shape index (κ1) is 15.4. The van der Waals surface area contributed by atoms with Crippen molar-refractivity contribution in [2.24, 2.45) is 0 Å². The van der Waals surface area contributed by atoms with Crippen molar-refractivity contribution in [1.82, 2.24) is 0 Å². The Morgan fingerprint density at radius 2 is 1.48 bits per heavy atom. The molecule has 3 aromatic carbocycles. The Morgan fingerprint density at radius 3 is 2.17 bits per heavy atom. The molecule has 3 rings (SSSR count). The molecule has 114 valence electrons. The minimum Gasteiger partial charge on any atom is -0.421 e. The number of hydrogen-bond acceptors (Lipinski definition) is 3. The van der Waals surface area contributed by atoms with Crippen molar-refractivity contribution in [2.45, 2.75) is 16.7 Å². The monoisotopic (exact) mass is 320 g/mol. The number of para-hydroxylation sites is 1. The molecule has 0 atom stereocenters. The molecule has 3 heteroatoms. The number of carbonyl (C=O) groups is 1. The van der Waals surface area contributed by atoms with Crippen LogP contribution in [-0.4, -0.2) is 5.97 Å². The molecule has 0 aliphatic heterocycles. The Morgan fingerprint density at radius 1 is 0.826 bits per heavy atom. The maximum absolute atomic E-state index is 12.3. The molecule has 0 unspecified atom stereocenters. The second kappa shape index (κ2) is 7.16. The van der Waals surface area contributed by atoms with E-state index in [2.05, 4.69) is 0 Å². The summed E-state index contributed by atoms with van der Waals surface area (Å²) in [6, 6.07) is 25.0. The Labute approximate surface area is 140 Å². The van der Waals surface area contributed by atoms with Crippen molar-refractivity contribution >= 4 is 17.7 Å². The van der Waals surface area contributed by atoms with Crippen LogP contribution in [0.15, 0.2) is 88.7 Å². The standard InChI is InChI=1S/C20H16O2S/c1-15-9-8-14-18(23-17-12-6-3-7-13-17)19(15)22-20(21)16-10-4-2-5-11-16/h2-14H,1H3. The van der Waals surface area contributed by atoms with Crippen LogP contribution < -0.4 is 4.74 Å². The van der Waals surface area contributed by atoms with Gasteiger partial charge in [0.2, 0.25) is 0 Å². The number of benzene rings is 3. The van der Waals surface area contributed by atoms with Crippen LogP contribution in [0.2, 0.25) is 0 Å². The van der Waals surface area contributed by atoms with Crippen LogP contribution in [0.25, 0.3) is 0 Å². The first-order valence-corrected chi connectivity index (χ1v) is 8.15. The molecule has 0 aliphatic carbocycles. The van der Waals surface area contributed by atoms with Crippen molar-refractivity contribution < 1.29 is 9.53 Å². The summed E-state index contributed by atoms with van der Waals surface area (Å²) in [6.07, 6.45) is 0. The van der Waals surface area contributed by atoms with Gasteiger partial charge in [-0.15, -0.1) is 0 Å². The lowest BCUT2D eigenvalue weighted by Gasteiger charge is -2.12. The van der Waals surface area contributed by atoms with Crippen LogP contribution in [-0.2, 0) is 0 Å². The quantitative estimate of drug-likeness (QED) is 0.478. The minimum atomic E-state index is -0.338. The largest absolute Gasteiger partial charge is 0.421 e. The lowest BCUT2D eigenvalue weighted by atomic mass is 10.2. The van der Waals surface area contributed by atoms with Crippen LogP contribution in [0.3, 0.4) is 0 Å². The topological polar surface area (TPSA) is 26.3 Å². The van der Waals surface area contributed by atoms with E-state index in [1.807, 2.05) is 73.7 Å². The average molecular weight is 320 g/mol. The fourth-order valence-corrected chi connectivity index (χ4v) is 3.17. The molecule has 0 radical (unpaired) electrons. The van der Waals surface area contributed by atoms with Gasteiger partial charge in [-0.3, -0.25) is 0 Å². The van der Waals surface area contributed by atoms with Gasteiger partial charge in [-0.25, -0.2) is 4.79 Å². The van der Waals surface area contributed by atoms with Gasteiger partial charge >= 0.3 is 5.97 Å². The number of aryl methyl sites for hydroxylation is 1. The summed E-state index contributed by atoms with van der Waals surface area (Å²) in [5.41, 5.74) is 1.49. The zero-order chi connectivity index (χ0) is 16.1. The van der Waals surface area contributed by atoms with Gasteiger partial charge in [0.25, 0.3) is 0 Å². The van der Waals surface area contributed by atoms with Crippen LogP contribution in [0.4, 0.5) is 0 Å². The van der Waals surface area contributed by atoms with Crippen molar-refractivity contribution in [2.75, 3.05) is 0 Å². The molecule has 0 aliphatic rings. The predicted octanol–water partition coefficient (Wildman–Crippen LogP) is 5.37. The van der Waals surface area contributed by atoms with Gasteiger partial charge in [0.15, 0.2) is 0 Å². The van der Waals surface area contributed by atoms with Crippen LogP contribution in [0, 0.1) is 6.92 Å². The minimum absolute atomic E-state index is 0.338. The van der Waals surface area contributed by atoms with Crippen molar-refractivity contribution in [1.29, 1.82) is 0 Å². The first-order chi connectivity index (χ1) is 11.2. The summed E-state index contributed by atoms with van der Waals surface area (Å²) in [7, 11) is 0. The number of rotatable bonds is 4. The van der Waals surface area contributed by atoms with Gasteiger partial charge in [0.1, 0.15) is 5.75 Å². The highest BCUT2D eigenvalue weighted by molar-refractivity contribution is 7.99. The van der Waals surface area contributed by atoms with E-state index >= 15 is 0 Å². The van der Waals surface area contributed by atoms with Crippen molar-refractivity contribution in [3.8, 4) is 5.75 Å². The highest BCUT2D eigenvalue weighted by atomic mass is 32.2.